The highest BCUT2D eigenvalue weighted by Gasteiger charge is 2.70. The van der Waals surface area contributed by atoms with Crippen LogP contribution in [0.3, 0.4) is 0 Å². The van der Waals surface area contributed by atoms with Crippen molar-refractivity contribution in [3.05, 3.63) is 48.0 Å². The Labute approximate surface area is 112 Å². The summed E-state index contributed by atoms with van der Waals surface area (Å²) >= 11 is 0. The van der Waals surface area contributed by atoms with Gasteiger partial charge in [0.15, 0.2) is 5.60 Å². The normalized spacial score (nSPS) is 29.2. The van der Waals surface area contributed by atoms with E-state index < -0.39 is 11.2 Å². The summed E-state index contributed by atoms with van der Waals surface area (Å²) in [6.07, 6.45) is 0. The molecule has 0 amide bonds. The first-order chi connectivity index (χ1) is 9.01. The number of carbonyl (C=O) groups excluding carboxylic acids is 1. The summed E-state index contributed by atoms with van der Waals surface area (Å²) in [4.78, 5) is 11.8. The summed E-state index contributed by atoms with van der Waals surface area (Å²) in [5.74, 6) is -0.330. The summed E-state index contributed by atoms with van der Waals surface area (Å²) < 4.78 is 10.5. The molecule has 0 spiro atoms. The maximum atomic E-state index is 11.8. The van der Waals surface area contributed by atoms with Crippen LogP contribution in [0.1, 0.15) is 19.4 Å². The van der Waals surface area contributed by atoms with Crippen LogP contribution in [-0.2, 0) is 19.9 Å². The van der Waals surface area contributed by atoms with Gasteiger partial charge in [0.2, 0.25) is 0 Å². The predicted octanol–water partition coefficient (Wildman–Crippen LogP) is 3.02. The molecule has 0 N–H and O–H groups in total. The van der Waals surface area contributed by atoms with Gasteiger partial charge in [-0.3, -0.25) is 0 Å². The SMILES string of the molecule is COC(=O)C1(C)OC1(C)c1ccc2ccccc2c1. The Bertz CT molecular complexity index is 664. The van der Waals surface area contributed by atoms with E-state index in [0.29, 0.717) is 0 Å². The van der Waals surface area contributed by atoms with E-state index in [1.54, 1.807) is 6.92 Å². The highest BCUT2D eigenvalue weighted by molar-refractivity contribution is 5.87. The van der Waals surface area contributed by atoms with Gasteiger partial charge in [0.1, 0.15) is 5.60 Å². The topological polar surface area (TPSA) is 38.8 Å². The van der Waals surface area contributed by atoms with Gasteiger partial charge in [0.05, 0.1) is 7.11 Å². The van der Waals surface area contributed by atoms with Crippen LogP contribution in [0.5, 0.6) is 0 Å². The standard InChI is InChI=1S/C16H16O3/c1-15(16(2,19-15)14(17)18-3)13-9-8-11-6-4-5-7-12(11)10-13/h4-10H,1-3H3. The predicted molar refractivity (Wildman–Crippen MR) is 72.8 cm³/mol. The lowest BCUT2D eigenvalue weighted by Crippen LogP contribution is -2.29. The Balaban J connectivity index is 2.04. The fraction of sp³-hybridized carbons (Fsp3) is 0.312. The Hall–Kier alpha value is -1.87. The summed E-state index contributed by atoms with van der Waals surface area (Å²) in [5.41, 5.74) is -0.493. The zero-order valence-corrected chi connectivity index (χ0v) is 11.3. The number of esters is 1. The molecule has 98 valence electrons. The number of fused-ring (bicyclic) bond motifs is 1. The maximum Gasteiger partial charge on any atom is 0.341 e. The molecule has 0 aliphatic carbocycles. The minimum absolute atomic E-state index is 0.330. The third-order valence-corrected chi connectivity index (χ3v) is 4.15. The second-order valence-corrected chi connectivity index (χ2v) is 5.22. The molecule has 0 aromatic heterocycles. The first-order valence-corrected chi connectivity index (χ1v) is 6.29. The van der Waals surface area contributed by atoms with Crippen LogP contribution in [0.15, 0.2) is 42.5 Å². The zero-order chi connectivity index (χ0) is 13.7. The van der Waals surface area contributed by atoms with Gasteiger partial charge in [0, 0.05) is 0 Å². The molecular weight excluding hydrogens is 240 g/mol. The lowest BCUT2D eigenvalue weighted by molar-refractivity contribution is -0.146. The van der Waals surface area contributed by atoms with Crippen molar-refractivity contribution in [1.29, 1.82) is 0 Å². The fourth-order valence-corrected chi connectivity index (χ4v) is 2.63. The monoisotopic (exact) mass is 256 g/mol. The lowest BCUT2D eigenvalue weighted by Gasteiger charge is -2.12. The smallest absolute Gasteiger partial charge is 0.341 e. The van der Waals surface area contributed by atoms with Crippen LogP contribution >= 0.6 is 0 Å². The van der Waals surface area contributed by atoms with Gasteiger partial charge < -0.3 is 9.47 Å². The molecule has 1 fully saturated rings. The number of ether oxygens (including phenoxy) is 2. The van der Waals surface area contributed by atoms with Crippen LogP contribution in [0.25, 0.3) is 10.8 Å². The van der Waals surface area contributed by atoms with Gasteiger partial charge in [-0.1, -0.05) is 36.4 Å². The number of hydrogen-bond acceptors (Lipinski definition) is 3. The van der Waals surface area contributed by atoms with Crippen molar-refractivity contribution in [3.63, 3.8) is 0 Å². The van der Waals surface area contributed by atoms with Crippen LogP contribution in [0.2, 0.25) is 0 Å². The Kier molecular flexibility index (Phi) is 2.44. The van der Waals surface area contributed by atoms with E-state index in [9.17, 15) is 4.79 Å². The van der Waals surface area contributed by atoms with Crippen molar-refractivity contribution >= 4 is 16.7 Å². The summed E-state index contributed by atoms with van der Waals surface area (Å²) in [5, 5.41) is 2.32. The number of hydrogen-bond donors (Lipinski definition) is 0. The van der Waals surface area contributed by atoms with Gasteiger partial charge in [-0.25, -0.2) is 4.79 Å². The van der Waals surface area contributed by atoms with Crippen molar-refractivity contribution in [2.75, 3.05) is 7.11 Å². The molecule has 2 atom stereocenters. The minimum atomic E-state index is -0.885. The fourth-order valence-electron chi connectivity index (χ4n) is 2.63. The van der Waals surface area contributed by atoms with E-state index in [1.165, 1.54) is 12.5 Å². The van der Waals surface area contributed by atoms with E-state index in [-0.39, 0.29) is 5.97 Å². The van der Waals surface area contributed by atoms with Crippen molar-refractivity contribution in [3.8, 4) is 0 Å². The largest absolute Gasteiger partial charge is 0.467 e. The number of methoxy groups -OCH3 is 1. The third kappa shape index (κ3) is 1.58. The zero-order valence-electron chi connectivity index (χ0n) is 11.3. The van der Waals surface area contributed by atoms with Crippen LogP contribution in [-0.4, -0.2) is 18.7 Å². The molecule has 0 radical (unpaired) electrons. The highest BCUT2D eigenvalue weighted by atomic mass is 16.7. The second-order valence-electron chi connectivity index (χ2n) is 5.22. The molecule has 3 heteroatoms. The molecule has 3 nitrogen and oxygen atoms in total. The molecule has 3 rings (SSSR count). The average molecular weight is 256 g/mol. The highest BCUT2D eigenvalue weighted by Crippen LogP contribution is 2.56. The molecule has 1 heterocycles. The second kappa shape index (κ2) is 3.81. The molecule has 2 unspecified atom stereocenters. The summed E-state index contributed by atoms with van der Waals surface area (Å²) in [6.45, 7) is 3.70. The maximum absolute atomic E-state index is 11.8. The number of rotatable bonds is 2. The molecule has 2 aromatic carbocycles. The molecule has 2 aromatic rings. The molecule has 0 saturated carbocycles. The van der Waals surface area contributed by atoms with Crippen molar-refractivity contribution in [2.45, 2.75) is 25.0 Å². The van der Waals surface area contributed by atoms with Gasteiger partial charge in [0.25, 0.3) is 0 Å². The van der Waals surface area contributed by atoms with Gasteiger partial charge in [-0.05, 0) is 36.2 Å². The van der Waals surface area contributed by atoms with E-state index in [2.05, 4.69) is 24.3 Å². The first kappa shape index (κ1) is 12.2. The van der Waals surface area contributed by atoms with Crippen LogP contribution < -0.4 is 0 Å². The number of benzene rings is 2. The molecular formula is C16H16O3. The van der Waals surface area contributed by atoms with E-state index in [1.807, 2.05) is 25.1 Å². The molecule has 1 saturated heterocycles. The summed E-state index contributed by atoms with van der Waals surface area (Å²) in [6, 6.07) is 14.3. The third-order valence-electron chi connectivity index (χ3n) is 4.15. The average Bonchev–Trinajstić information content (AvgIpc) is 3.02. The van der Waals surface area contributed by atoms with Crippen molar-refractivity contribution < 1.29 is 14.3 Å². The van der Waals surface area contributed by atoms with E-state index in [4.69, 9.17) is 9.47 Å². The Morgan fingerprint density at radius 3 is 2.47 bits per heavy atom. The molecule has 19 heavy (non-hydrogen) atoms. The van der Waals surface area contributed by atoms with Crippen molar-refractivity contribution in [1.82, 2.24) is 0 Å². The first-order valence-electron chi connectivity index (χ1n) is 6.29. The van der Waals surface area contributed by atoms with Gasteiger partial charge in [-0.2, -0.15) is 0 Å². The minimum Gasteiger partial charge on any atom is -0.467 e. The van der Waals surface area contributed by atoms with Crippen LogP contribution in [0.4, 0.5) is 0 Å². The Morgan fingerprint density at radius 1 is 1.11 bits per heavy atom. The molecule has 1 aliphatic heterocycles. The van der Waals surface area contributed by atoms with Gasteiger partial charge >= 0.3 is 5.97 Å². The molecule has 0 bridgehead atoms. The Morgan fingerprint density at radius 2 is 1.79 bits per heavy atom. The van der Waals surface area contributed by atoms with Crippen molar-refractivity contribution in [2.24, 2.45) is 0 Å². The lowest BCUT2D eigenvalue weighted by atomic mass is 9.88. The quantitative estimate of drug-likeness (QED) is 0.612. The molecule has 1 aliphatic rings. The summed E-state index contributed by atoms with van der Waals surface area (Å²) in [7, 11) is 1.38. The van der Waals surface area contributed by atoms with Crippen LogP contribution in [0, 0.1) is 0 Å². The number of epoxide rings is 1. The van der Waals surface area contributed by atoms with E-state index in [0.717, 1.165) is 10.9 Å². The number of carbonyl (C=O) groups is 1. The van der Waals surface area contributed by atoms with E-state index >= 15 is 0 Å². The van der Waals surface area contributed by atoms with Gasteiger partial charge in [-0.15, -0.1) is 0 Å².